The number of methoxy groups -OCH3 is 1. The van der Waals surface area contributed by atoms with E-state index in [0.717, 1.165) is 22.3 Å². The van der Waals surface area contributed by atoms with Crippen molar-refractivity contribution < 1.29 is 8.95 Å². The largest absolute Gasteiger partial charge is 0.497 e. The topological polar surface area (TPSA) is 100.0 Å². The fourth-order valence-electron chi connectivity index (χ4n) is 2.25. The van der Waals surface area contributed by atoms with Crippen LogP contribution in [-0.2, 0) is 9.92 Å². The van der Waals surface area contributed by atoms with Gasteiger partial charge in [-0.1, -0.05) is 0 Å². The van der Waals surface area contributed by atoms with Crippen molar-refractivity contribution in [1.29, 1.82) is 4.78 Å². The molecule has 0 aliphatic rings. The first-order chi connectivity index (χ1) is 11.5. The maximum Gasteiger partial charge on any atom is 0.141 e. The Hall–Kier alpha value is -2.71. The summed E-state index contributed by atoms with van der Waals surface area (Å²) < 4.78 is 27.4. The van der Waals surface area contributed by atoms with E-state index in [1.807, 2.05) is 18.2 Å². The molecule has 3 N–H and O–H groups in total. The lowest BCUT2D eigenvalue weighted by Crippen LogP contribution is -2.16. The molecule has 1 heterocycles. The summed E-state index contributed by atoms with van der Waals surface area (Å²) in [5.41, 5.74) is 1.55. The molecule has 124 valence electrons. The van der Waals surface area contributed by atoms with Crippen LogP contribution in [-0.4, -0.2) is 28.3 Å². The van der Waals surface area contributed by atoms with Gasteiger partial charge >= 0.3 is 0 Å². The van der Waals surface area contributed by atoms with Gasteiger partial charge in [-0.05, 0) is 43.4 Å². The molecule has 0 aliphatic carbocycles. The van der Waals surface area contributed by atoms with Gasteiger partial charge in [-0.2, -0.15) is 0 Å². The number of hydrogen-bond acceptors (Lipinski definition) is 6. The number of aromatic nitrogens is 2. The molecule has 0 unspecified atom stereocenters. The number of fused-ring (bicyclic) bond motifs is 1. The van der Waals surface area contributed by atoms with Gasteiger partial charge in [0.05, 0.1) is 17.5 Å². The van der Waals surface area contributed by atoms with E-state index in [1.54, 1.807) is 31.4 Å². The van der Waals surface area contributed by atoms with Crippen LogP contribution in [0.2, 0.25) is 0 Å². The van der Waals surface area contributed by atoms with E-state index in [4.69, 9.17) is 9.52 Å². The molecule has 0 bridgehead atoms. The first kappa shape index (κ1) is 16.2. The molecular weight excluding hydrogens is 326 g/mol. The number of hydrogen-bond donors (Lipinski definition) is 3. The molecular formula is C16H17N5O2S. The lowest BCUT2D eigenvalue weighted by molar-refractivity contribution is 0.415. The second-order valence-corrected chi connectivity index (χ2v) is 7.01. The van der Waals surface area contributed by atoms with Crippen LogP contribution in [0.15, 0.2) is 53.7 Å². The van der Waals surface area contributed by atoms with Crippen molar-refractivity contribution in [2.24, 2.45) is 0 Å². The molecule has 0 fully saturated rings. The third kappa shape index (κ3) is 3.15. The summed E-state index contributed by atoms with van der Waals surface area (Å²) >= 11 is 0. The Morgan fingerprint density at radius 2 is 1.88 bits per heavy atom. The molecule has 2 aromatic carbocycles. The van der Waals surface area contributed by atoms with Gasteiger partial charge in [-0.15, -0.1) is 0 Å². The summed E-state index contributed by atoms with van der Waals surface area (Å²) in [6.07, 6.45) is 1.48. The Morgan fingerprint density at radius 1 is 1.12 bits per heavy atom. The zero-order chi connectivity index (χ0) is 17.2. The SMILES string of the molecule is CN[S@@](=N)(=O)c1ccc(Nc2ncnc3cc(OC)ccc23)cc1. The minimum atomic E-state index is -2.95. The number of anilines is 2. The first-order valence-corrected chi connectivity index (χ1v) is 8.72. The highest BCUT2D eigenvalue weighted by molar-refractivity contribution is 7.90. The first-order valence-electron chi connectivity index (χ1n) is 7.16. The summed E-state index contributed by atoms with van der Waals surface area (Å²) in [5, 5.41) is 4.08. The zero-order valence-electron chi connectivity index (χ0n) is 13.2. The average molecular weight is 343 g/mol. The van der Waals surface area contributed by atoms with Crippen LogP contribution in [0.25, 0.3) is 10.9 Å². The van der Waals surface area contributed by atoms with Crippen LogP contribution >= 0.6 is 0 Å². The van der Waals surface area contributed by atoms with E-state index in [1.165, 1.54) is 13.4 Å². The number of nitrogens with zero attached hydrogens (tertiary/aromatic N) is 2. The molecule has 0 saturated carbocycles. The molecule has 0 spiro atoms. The summed E-state index contributed by atoms with van der Waals surface area (Å²) in [6.45, 7) is 0. The fourth-order valence-corrected chi connectivity index (χ4v) is 3.00. The van der Waals surface area contributed by atoms with Crippen molar-refractivity contribution in [3.8, 4) is 5.75 Å². The van der Waals surface area contributed by atoms with Crippen molar-refractivity contribution in [2.75, 3.05) is 19.5 Å². The van der Waals surface area contributed by atoms with E-state index >= 15 is 0 Å². The Bertz CT molecular complexity index is 971. The molecule has 3 aromatic rings. The summed E-state index contributed by atoms with van der Waals surface area (Å²) in [7, 11) is 0.165. The van der Waals surface area contributed by atoms with Crippen molar-refractivity contribution in [3.05, 3.63) is 48.8 Å². The summed E-state index contributed by atoms with van der Waals surface area (Å²) in [6, 6.07) is 12.4. The molecule has 24 heavy (non-hydrogen) atoms. The number of ether oxygens (including phenoxy) is 1. The second-order valence-electron chi connectivity index (χ2n) is 5.02. The van der Waals surface area contributed by atoms with Crippen LogP contribution in [0.1, 0.15) is 0 Å². The number of rotatable bonds is 5. The summed E-state index contributed by atoms with van der Waals surface area (Å²) in [5.74, 6) is 1.39. The highest BCUT2D eigenvalue weighted by Crippen LogP contribution is 2.26. The van der Waals surface area contributed by atoms with Gasteiger partial charge in [0, 0.05) is 17.1 Å². The summed E-state index contributed by atoms with van der Waals surface area (Å²) in [4.78, 5) is 8.95. The molecule has 8 heteroatoms. The second kappa shape index (κ2) is 6.42. The fraction of sp³-hybridized carbons (Fsp3) is 0.125. The molecule has 7 nitrogen and oxygen atoms in total. The molecule has 1 atom stereocenters. The van der Waals surface area contributed by atoms with Gasteiger partial charge in [0.1, 0.15) is 27.8 Å². The third-order valence-electron chi connectivity index (χ3n) is 3.58. The van der Waals surface area contributed by atoms with Gasteiger partial charge in [-0.25, -0.2) is 23.7 Å². The van der Waals surface area contributed by atoms with Crippen LogP contribution < -0.4 is 14.8 Å². The van der Waals surface area contributed by atoms with Gasteiger partial charge in [-0.3, -0.25) is 0 Å². The Morgan fingerprint density at radius 3 is 2.54 bits per heavy atom. The van der Waals surface area contributed by atoms with Crippen molar-refractivity contribution in [1.82, 2.24) is 14.7 Å². The Kier molecular flexibility index (Phi) is 4.32. The normalized spacial score (nSPS) is 13.4. The highest BCUT2D eigenvalue weighted by Gasteiger charge is 2.08. The predicted molar refractivity (Wildman–Crippen MR) is 94.0 cm³/mol. The van der Waals surface area contributed by atoms with Crippen molar-refractivity contribution in [2.45, 2.75) is 4.90 Å². The van der Waals surface area contributed by atoms with Gasteiger partial charge < -0.3 is 10.1 Å². The van der Waals surface area contributed by atoms with Gasteiger partial charge in [0.15, 0.2) is 0 Å². The maximum absolute atomic E-state index is 12.0. The Balaban J connectivity index is 1.93. The standard InChI is InChI=1S/C16H17N5O2S/c1-18-24(17,22)13-6-3-11(4-7-13)21-16-14-8-5-12(23-2)9-15(14)19-10-20-16/h3-10H,1-2H3,(H2,17,18,22)(H,19,20,21)/t24-/m1/s1. The van der Waals surface area contributed by atoms with Crippen LogP contribution in [0, 0.1) is 4.78 Å². The highest BCUT2D eigenvalue weighted by atomic mass is 32.2. The number of nitrogens with one attached hydrogen (secondary N) is 3. The maximum atomic E-state index is 12.0. The van der Waals surface area contributed by atoms with Gasteiger partial charge in [0.2, 0.25) is 0 Å². The number of benzene rings is 2. The van der Waals surface area contributed by atoms with Crippen molar-refractivity contribution >= 4 is 32.3 Å². The van der Waals surface area contributed by atoms with E-state index in [-0.39, 0.29) is 0 Å². The van der Waals surface area contributed by atoms with E-state index in [0.29, 0.717) is 10.7 Å². The minimum Gasteiger partial charge on any atom is -0.497 e. The molecule has 3 rings (SSSR count). The third-order valence-corrected chi connectivity index (χ3v) is 5.09. The molecule has 0 radical (unpaired) electrons. The van der Waals surface area contributed by atoms with E-state index in [2.05, 4.69) is 20.0 Å². The van der Waals surface area contributed by atoms with Crippen LogP contribution in [0.3, 0.4) is 0 Å². The smallest absolute Gasteiger partial charge is 0.141 e. The van der Waals surface area contributed by atoms with Crippen LogP contribution in [0.5, 0.6) is 5.75 Å². The van der Waals surface area contributed by atoms with Gasteiger partial charge in [0.25, 0.3) is 0 Å². The minimum absolute atomic E-state index is 0.424. The van der Waals surface area contributed by atoms with E-state index < -0.39 is 9.92 Å². The quantitative estimate of drug-likeness (QED) is 0.661. The lowest BCUT2D eigenvalue weighted by atomic mass is 10.2. The van der Waals surface area contributed by atoms with Crippen LogP contribution in [0.4, 0.5) is 11.5 Å². The monoisotopic (exact) mass is 343 g/mol. The molecule has 0 aliphatic heterocycles. The van der Waals surface area contributed by atoms with E-state index in [9.17, 15) is 4.21 Å². The molecule has 0 amide bonds. The van der Waals surface area contributed by atoms with Crippen molar-refractivity contribution in [3.63, 3.8) is 0 Å². The average Bonchev–Trinajstić information content (AvgIpc) is 2.62. The lowest BCUT2D eigenvalue weighted by Gasteiger charge is -2.10. The zero-order valence-corrected chi connectivity index (χ0v) is 14.1. The molecule has 1 aromatic heterocycles. The Labute approximate surface area is 140 Å². The molecule has 0 saturated heterocycles. The predicted octanol–water partition coefficient (Wildman–Crippen LogP) is 2.92.